The molecule has 1 rings (SSSR count). The first-order valence-electron chi connectivity index (χ1n) is 1.21. The van der Waals surface area contributed by atoms with Crippen molar-refractivity contribution in [1.29, 1.82) is 0 Å². The zero-order chi connectivity index (χ0) is 3.54. The summed E-state index contributed by atoms with van der Waals surface area (Å²) in [5, 5.41) is 6.68. The third kappa shape index (κ3) is 0.718. The van der Waals surface area contributed by atoms with Gasteiger partial charge in [0.05, 0.1) is 0 Å². The van der Waals surface area contributed by atoms with Gasteiger partial charge in [0.2, 0.25) is 0 Å². The Morgan fingerprint density at radius 1 is 1.80 bits per heavy atom. The Morgan fingerprint density at radius 2 is 2.80 bits per heavy atom. The van der Waals surface area contributed by atoms with E-state index in [-0.39, 0.29) is 0 Å². The van der Waals surface area contributed by atoms with Gasteiger partial charge in [0.25, 0.3) is 0 Å². The van der Waals surface area contributed by atoms with Crippen molar-refractivity contribution in [3.63, 3.8) is 0 Å². The Kier molecular flexibility index (Phi) is 1.03. The van der Waals surface area contributed by atoms with Crippen molar-refractivity contribution < 1.29 is 2.96 Å². The van der Waals surface area contributed by atoms with E-state index in [0.717, 1.165) is 0 Å². The molecule has 0 amide bonds. The zero-order valence-electron chi connectivity index (χ0n) is 2.46. The summed E-state index contributed by atoms with van der Waals surface area (Å²) in [6.07, 6.45) is 0. The van der Waals surface area contributed by atoms with Crippen molar-refractivity contribution in [3.8, 4) is 0 Å². The predicted molar refractivity (Wildman–Crippen MR) is 17.8 cm³/mol. The van der Waals surface area contributed by atoms with Crippen LogP contribution in [0.4, 0.5) is 0 Å². The van der Waals surface area contributed by atoms with E-state index in [1.54, 1.807) is 3.88 Å². The van der Waals surface area contributed by atoms with Gasteiger partial charge in [-0.15, -0.1) is 0 Å². The van der Waals surface area contributed by atoms with Gasteiger partial charge in [0.1, 0.15) is 0 Å². The van der Waals surface area contributed by atoms with Crippen LogP contribution in [0.15, 0.2) is 10.4 Å². The predicted octanol–water partition coefficient (Wildman–Crippen LogP) is -0.237. The molecule has 0 radical (unpaired) electrons. The second-order valence-electron chi connectivity index (χ2n) is 0.588. The SMILES string of the molecule is [CH]1=[In][O]N=N1. The number of rotatable bonds is 0. The fraction of sp³-hybridized carbons (Fsp3) is 0. The molecule has 0 aliphatic carbocycles. The van der Waals surface area contributed by atoms with Crippen LogP contribution in [0.25, 0.3) is 0 Å². The molecule has 0 N–H and O–H groups in total. The van der Waals surface area contributed by atoms with Gasteiger partial charge in [-0.2, -0.15) is 0 Å². The summed E-state index contributed by atoms with van der Waals surface area (Å²) in [5.41, 5.74) is 0. The average Bonchev–Trinajstić information content (AvgIpc) is 1.76. The molecule has 4 heteroatoms. The molecule has 24 valence electrons. The van der Waals surface area contributed by atoms with Crippen molar-refractivity contribution in [2.24, 2.45) is 10.4 Å². The van der Waals surface area contributed by atoms with E-state index in [2.05, 4.69) is 13.3 Å². The van der Waals surface area contributed by atoms with E-state index < -0.39 is 22.9 Å². The number of nitrogens with zero attached hydrogens (tertiary/aromatic N) is 2. The van der Waals surface area contributed by atoms with Gasteiger partial charge < -0.3 is 0 Å². The molecule has 0 aromatic heterocycles. The molecule has 0 atom stereocenters. The molecule has 1 aliphatic heterocycles. The van der Waals surface area contributed by atoms with Crippen LogP contribution >= 0.6 is 0 Å². The monoisotopic (exact) mass is 172 g/mol. The first kappa shape index (κ1) is 3.33. The van der Waals surface area contributed by atoms with Crippen LogP contribution in [0.1, 0.15) is 0 Å². The van der Waals surface area contributed by atoms with Crippen LogP contribution < -0.4 is 0 Å². The molecular weight excluding hydrogens is 171 g/mol. The van der Waals surface area contributed by atoms with Crippen molar-refractivity contribution in [3.05, 3.63) is 0 Å². The molecule has 0 spiro atoms. The molecule has 0 aromatic carbocycles. The van der Waals surface area contributed by atoms with Gasteiger partial charge in [0.15, 0.2) is 0 Å². The van der Waals surface area contributed by atoms with Crippen LogP contribution in [0, 0.1) is 0 Å². The Balaban J connectivity index is 2.61. The minimum atomic E-state index is -0.767. The quantitative estimate of drug-likeness (QED) is 0.496. The molecule has 1 heterocycles. The van der Waals surface area contributed by atoms with Gasteiger partial charge in [0, 0.05) is 0 Å². The average molecular weight is 172 g/mol. The summed E-state index contributed by atoms with van der Waals surface area (Å²) >= 11 is -0.767. The molecule has 1 aliphatic rings. The van der Waals surface area contributed by atoms with E-state index in [1.807, 2.05) is 0 Å². The number of hydrogen-bond donors (Lipinski definition) is 0. The van der Waals surface area contributed by atoms with Gasteiger partial charge in [-0.3, -0.25) is 0 Å². The van der Waals surface area contributed by atoms with Crippen LogP contribution in [0.5, 0.6) is 0 Å². The maximum atomic E-state index is 4.54. The second kappa shape index (κ2) is 1.55. The Morgan fingerprint density at radius 3 is 3.00 bits per heavy atom. The van der Waals surface area contributed by atoms with E-state index in [0.29, 0.717) is 0 Å². The topological polar surface area (TPSA) is 34.0 Å². The third-order valence-corrected chi connectivity index (χ3v) is 1.63. The van der Waals surface area contributed by atoms with E-state index in [4.69, 9.17) is 0 Å². The molecule has 0 aromatic rings. The molecule has 5 heavy (non-hydrogen) atoms. The Bertz CT molecular complexity index is 67.7. The zero-order valence-corrected chi connectivity index (χ0v) is 5.75. The normalized spacial score (nSPS) is 14.4. The van der Waals surface area contributed by atoms with Crippen LogP contribution in [-0.4, -0.2) is 26.7 Å². The van der Waals surface area contributed by atoms with Crippen molar-refractivity contribution in [2.75, 3.05) is 0 Å². The standard InChI is InChI=1S/CH2N2O.In/c1-2-3-4;/h1H,(H,2,4);/q;+1/p-1. The maximum absolute atomic E-state index is 4.54. The summed E-state index contributed by atoms with van der Waals surface area (Å²) in [6.45, 7) is 0. The summed E-state index contributed by atoms with van der Waals surface area (Å²) in [5.74, 6) is 0. The first-order chi connectivity index (χ1) is 2.50. The van der Waals surface area contributed by atoms with Gasteiger partial charge in [-0.25, -0.2) is 0 Å². The summed E-state index contributed by atoms with van der Waals surface area (Å²) in [6, 6.07) is 0. The number of hydrogen-bond acceptors (Lipinski definition) is 3. The van der Waals surface area contributed by atoms with Crippen LogP contribution in [-0.2, 0) is 2.96 Å². The molecule has 0 saturated carbocycles. The van der Waals surface area contributed by atoms with Gasteiger partial charge in [-0.1, -0.05) is 0 Å². The first-order valence-corrected chi connectivity index (χ1v) is 4.46. The molecule has 0 unspecified atom stereocenters. The van der Waals surface area contributed by atoms with Crippen molar-refractivity contribution in [2.45, 2.75) is 0 Å². The summed E-state index contributed by atoms with van der Waals surface area (Å²) < 4.78 is 6.32. The second-order valence-corrected chi connectivity index (χ2v) is 2.82. The van der Waals surface area contributed by atoms with Crippen molar-refractivity contribution >= 4 is 26.7 Å². The fourth-order valence-electron chi connectivity index (χ4n) is 0.136. The van der Waals surface area contributed by atoms with Gasteiger partial charge >= 0.3 is 40.1 Å². The molecular formula is CHInN2O. The minimum absolute atomic E-state index is 0.767. The van der Waals surface area contributed by atoms with Crippen molar-refractivity contribution in [1.82, 2.24) is 0 Å². The van der Waals surface area contributed by atoms with E-state index in [1.165, 1.54) is 0 Å². The Labute approximate surface area is 40.4 Å². The molecule has 0 fully saturated rings. The summed E-state index contributed by atoms with van der Waals surface area (Å²) in [7, 11) is 0. The molecule has 3 nitrogen and oxygen atoms in total. The van der Waals surface area contributed by atoms with Crippen LogP contribution in [0.3, 0.4) is 0 Å². The van der Waals surface area contributed by atoms with Gasteiger partial charge in [-0.05, 0) is 0 Å². The van der Waals surface area contributed by atoms with E-state index >= 15 is 0 Å². The summed E-state index contributed by atoms with van der Waals surface area (Å²) in [4.78, 5) is 0. The van der Waals surface area contributed by atoms with E-state index in [9.17, 15) is 0 Å². The van der Waals surface area contributed by atoms with Crippen LogP contribution in [0.2, 0.25) is 0 Å². The molecule has 0 saturated heterocycles. The third-order valence-electron chi connectivity index (χ3n) is 0.283. The molecule has 0 bridgehead atoms. The fourth-order valence-corrected chi connectivity index (χ4v) is 0.913. The Hall–Kier alpha value is 0.140.